The van der Waals surface area contributed by atoms with E-state index in [1.807, 2.05) is 18.0 Å². The summed E-state index contributed by atoms with van der Waals surface area (Å²) in [4.78, 5) is 10.1. The van der Waals surface area contributed by atoms with Crippen molar-refractivity contribution in [3.63, 3.8) is 0 Å². The van der Waals surface area contributed by atoms with E-state index in [2.05, 4.69) is 9.97 Å². The fourth-order valence-electron chi connectivity index (χ4n) is 1.25. The van der Waals surface area contributed by atoms with Crippen molar-refractivity contribution in [3.05, 3.63) is 41.7 Å². The Morgan fingerprint density at radius 1 is 1.47 bits per heavy atom. The van der Waals surface area contributed by atoms with E-state index in [1.165, 1.54) is 6.20 Å². The van der Waals surface area contributed by atoms with Gasteiger partial charge in [-0.2, -0.15) is 0 Å². The molecule has 2 aromatic heterocycles. The molecular formula is C10H10ClN3O. The molecule has 5 heteroatoms. The molecule has 0 unspecified atom stereocenters. The Bertz CT molecular complexity index is 430. The number of aromatic nitrogens is 2. The van der Waals surface area contributed by atoms with E-state index in [0.29, 0.717) is 11.7 Å². The standard InChI is InChI=1S/C10H10ClN3O/c1-14(6-8-2-3-15-7-8)10-5-12-4-9(11)13-10/h2-5,7H,6H2,1H3. The third kappa shape index (κ3) is 2.47. The molecule has 0 saturated carbocycles. The van der Waals surface area contributed by atoms with Crippen molar-refractivity contribution in [1.82, 2.24) is 9.97 Å². The van der Waals surface area contributed by atoms with E-state index in [0.717, 1.165) is 11.4 Å². The van der Waals surface area contributed by atoms with Gasteiger partial charge in [0.25, 0.3) is 0 Å². The summed E-state index contributed by atoms with van der Waals surface area (Å²) < 4.78 is 4.99. The van der Waals surface area contributed by atoms with Crippen LogP contribution in [0.2, 0.25) is 5.15 Å². The van der Waals surface area contributed by atoms with Crippen LogP contribution < -0.4 is 4.90 Å². The van der Waals surface area contributed by atoms with Gasteiger partial charge in [-0.05, 0) is 6.07 Å². The third-order valence-corrected chi connectivity index (χ3v) is 2.17. The van der Waals surface area contributed by atoms with E-state index in [4.69, 9.17) is 16.0 Å². The van der Waals surface area contributed by atoms with Crippen molar-refractivity contribution >= 4 is 17.4 Å². The molecule has 0 fully saturated rings. The summed E-state index contributed by atoms with van der Waals surface area (Å²) in [5, 5.41) is 0.395. The molecule has 0 aliphatic heterocycles. The first-order chi connectivity index (χ1) is 7.25. The highest BCUT2D eigenvalue weighted by Crippen LogP contribution is 2.13. The Balaban J connectivity index is 2.11. The van der Waals surface area contributed by atoms with Crippen LogP contribution in [0.25, 0.3) is 0 Å². The van der Waals surface area contributed by atoms with Crippen LogP contribution in [0.3, 0.4) is 0 Å². The summed E-state index contributed by atoms with van der Waals surface area (Å²) in [6, 6.07) is 1.91. The number of nitrogens with zero attached hydrogens (tertiary/aromatic N) is 3. The lowest BCUT2D eigenvalue weighted by Gasteiger charge is -2.16. The Kier molecular flexibility index (Phi) is 2.87. The van der Waals surface area contributed by atoms with Crippen molar-refractivity contribution in [2.45, 2.75) is 6.54 Å². The minimum Gasteiger partial charge on any atom is -0.472 e. The van der Waals surface area contributed by atoms with E-state index in [-0.39, 0.29) is 0 Å². The topological polar surface area (TPSA) is 42.2 Å². The molecule has 0 amide bonds. The number of hydrogen-bond donors (Lipinski definition) is 0. The SMILES string of the molecule is CN(Cc1ccoc1)c1cncc(Cl)n1. The van der Waals surface area contributed by atoms with Gasteiger partial charge in [-0.1, -0.05) is 11.6 Å². The molecule has 0 aromatic carbocycles. The van der Waals surface area contributed by atoms with Gasteiger partial charge in [0.05, 0.1) is 24.9 Å². The normalized spacial score (nSPS) is 10.3. The second kappa shape index (κ2) is 4.31. The maximum Gasteiger partial charge on any atom is 0.149 e. The smallest absolute Gasteiger partial charge is 0.149 e. The number of furan rings is 1. The molecule has 0 aliphatic carbocycles. The molecule has 0 atom stereocenters. The second-order valence-electron chi connectivity index (χ2n) is 3.19. The summed E-state index contributed by atoms with van der Waals surface area (Å²) in [5.41, 5.74) is 1.08. The maximum absolute atomic E-state index is 5.75. The third-order valence-electron chi connectivity index (χ3n) is 1.98. The van der Waals surface area contributed by atoms with Crippen molar-refractivity contribution in [2.75, 3.05) is 11.9 Å². The molecule has 0 spiro atoms. The summed E-state index contributed by atoms with van der Waals surface area (Å²) in [5.74, 6) is 0.740. The molecule has 0 N–H and O–H groups in total. The van der Waals surface area contributed by atoms with Crippen LogP contribution in [0.1, 0.15) is 5.56 Å². The molecule has 4 nitrogen and oxygen atoms in total. The zero-order valence-electron chi connectivity index (χ0n) is 8.22. The lowest BCUT2D eigenvalue weighted by Crippen LogP contribution is -2.17. The van der Waals surface area contributed by atoms with E-state index >= 15 is 0 Å². The lowest BCUT2D eigenvalue weighted by molar-refractivity contribution is 0.563. The fourth-order valence-corrected chi connectivity index (χ4v) is 1.40. The fraction of sp³-hybridized carbons (Fsp3) is 0.200. The second-order valence-corrected chi connectivity index (χ2v) is 3.57. The van der Waals surface area contributed by atoms with Crippen molar-refractivity contribution in [3.8, 4) is 0 Å². The quantitative estimate of drug-likeness (QED) is 0.801. The number of halogens is 1. The number of hydrogen-bond acceptors (Lipinski definition) is 4. The molecule has 0 aliphatic rings. The molecule has 15 heavy (non-hydrogen) atoms. The summed E-state index contributed by atoms with van der Waals surface area (Å²) in [6.07, 6.45) is 6.53. The zero-order chi connectivity index (χ0) is 10.7. The highest BCUT2D eigenvalue weighted by atomic mass is 35.5. The van der Waals surface area contributed by atoms with Crippen LogP contribution in [0.15, 0.2) is 35.4 Å². The Morgan fingerprint density at radius 3 is 3.00 bits per heavy atom. The highest BCUT2D eigenvalue weighted by molar-refractivity contribution is 6.29. The zero-order valence-corrected chi connectivity index (χ0v) is 8.98. The largest absolute Gasteiger partial charge is 0.472 e. The Hall–Kier alpha value is -1.55. The average molecular weight is 224 g/mol. The van der Waals surface area contributed by atoms with Crippen LogP contribution in [0.5, 0.6) is 0 Å². The van der Waals surface area contributed by atoms with Crippen molar-refractivity contribution in [1.29, 1.82) is 0 Å². The van der Waals surface area contributed by atoms with Crippen molar-refractivity contribution in [2.24, 2.45) is 0 Å². The first kappa shape index (κ1) is 9.98. The van der Waals surface area contributed by atoms with E-state index in [9.17, 15) is 0 Å². The van der Waals surface area contributed by atoms with Gasteiger partial charge < -0.3 is 9.32 Å². The van der Waals surface area contributed by atoms with Gasteiger partial charge >= 0.3 is 0 Å². The predicted molar refractivity (Wildman–Crippen MR) is 57.9 cm³/mol. The summed E-state index contributed by atoms with van der Waals surface area (Å²) >= 11 is 5.75. The van der Waals surface area contributed by atoms with E-state index < -0.39 is 0 Å². The maximum atomic E-state index is 5.75. The predicted octanol–water partition coefficient (Wildman–Crippen LogP) is 2.36. The molecule has 78 valence electrons. The van der Waals surface area contributed by atoms with Crippen LogP contribution >= 0.6 is 11.6 Å². The number of rotatable bonds is 3. The van der Waals surface area contributed by atoms with Gasteiger partial charge in [0.2, 0.25) is 0 Å². The monoisotopic (exact) mass is 223 g/mol. The first-order valence-corrected chi connectivity index (χ1v) is 4.83. The number of anilines is 1. The van der Waals surface area contributed by atoms with Gasteiger partial charge in [0, 0.05) is 19.2 Å². The van der Waals surface area contributed by atoms with Gasteiger partial charge in [-0.25, -0.2) is 4.98 Å². The lowest BCUT2D eigenvalue weighted by atomic mass is 10.3. The van der Waals surface area contributed by atoms with E-state index in [1.54, 1.807) is 18.7 Å². The molecule has 0 radical (unpaired) electrons. The highest BCUT2D eigenvalue weighted by Gasteiger charge is 2.05. The minimum absolute atomic E-state index is 0.395. The van der Waals surface area contributed by atoms with Gasteiger partial charge in [-0.15, -0.1) is 0 Å². The molecule has 2 rings (SSSR count). The minimum atomic E-state index is 0.395. The van der Waals surface area contributed by atoms with Gasteiger partial charge in [0.15, 0.2) is 0 Å². The Labute approximate surface area is 92.5 Å². The van der Waals surface area contributed by atoms with Gasteiger partial charge in [0.1, 0.15) is 11.0 Å². The summed E-state index contributed by atoms with van der Waals surface area (Å²) in [7, 11) is 1.92. The van der Waals surface area contributed by atoms with Crippen LogP contribution in [0.4, 0.5) is 5.82 Å². The van der Waals surface area contributed by atoms with Crippen LogP contribution in [-0.2, 0) is 6.54 Å². The van der Waals surface area contributed by atoms with Gasteiger partial charge in [-0.3, -0.25) is 4.98 Å². The molecule has 2 aromatic rings. The van der Waals surface area contributed by atoms with Crippen LogP contribution in [-0.4, -0.2) is 17.0 Å². The average Bonchev–Trinajstić information content (AvgIpc) is 2.70. The molecule has 2 heterocycles. The molecular weight excluding hydrogens is 214 g/mol. The Morgan fingerprint density at radius 2 is 2.33 bits per heavy atom. The van der Waals surface area contributed by atoms with Crippen LogP contribution in [0, 0.1) is 0 Å². The molecule has 0 saturated heterocycles. The summed E-state index contributed by atoms with van der Waals surface area (Å²) in [6.45, 7) is 0.714. The molecule has 0 bridgehead atoms. The van der Waals surface area contributed by atoms with Crippen molar-refractivity contribution < 1.29 is 4.42 Å². The first-order valence-electron chi connectivity index (χ1n) is 4.45.